The van der Waals surface area contributed by atoms with Crippen LogP contribution in [0.1, 0.15) is 52.7 Å². The third-order valence-corrected chi connectivity index (χ3v) is 7.31. The number of fused-ring (bicyclic) bond motifs is 1. The summed E-state index contributed by atoms with van der Waals surface area (Å²) in [7, 11) is 0. The fourth-order valence-electron chi connectivity index (χ4n) is 5.32. The number of piperidine rings is 2. The smallest absolute Gasteiger partial charge is 0.407 e. The maximum Gasteiger partial charge on any atom is 0.407 e. The number of amides is 1. The molecule has 2 aliphatic heterocycles. The predicted molar refractivity (Wildman–Crippen MR) is 137 cm³/mol. The molecule has 3 aromatic rings. The Balaban J connectivity index is 1.47. The van der Waals surface area contributed by atoms with Gasteiger partial charge in [-0.25, -0.2) is 9.48 Å². The molecule has 194 valence electrons. The number of pyridine rings is 1. The molecule has 1 unspecified atom stereocenters. The molecule has 11 nitrogen and oxygen atoms in total. The summed E-state index contributed by atoms with van der Waals surface area (Å²) in [4.78, 5) is 20.0. The van der Waals surface area contributed by atoms with E-state index in [4.69, 9.17) is 14.8 Å². The molecule has 2 saturated heterocycles. The van der Waals surface area contributed by atoms with E-state index in [2.05, 4.69) is 28.3 Å². The van der Waals surface area contributed by atoms with Crippen LogP contribution in [0.25, 0.3) is 16.8 Å². The second-order valence-corrected chi connectivity index (χ2v) is 9.83. The van der Waals surface area contributed by atoms with Gasteiger partial charge in [0.1, 0.15) is 12.0 Å². The zero-order valence-corrected chi connectivity index (χ0v) is 21.3. The first-order valence-corrected chi connectivity index (χ1v) is 13.0. The van der Waals surface area contributed by atoms with Crippen LogP contribution in [-0.4, -0.2) is 79.3 Å². The zero-order chi connectivity index (χ0) is 25.2. The monoisotopic (exact) mass is 496 g/mol. The summed E-state index contributed by atoms with van der Waals surface area (Å²) in [6, 6.07) is 4.23. The molecular weight excluding hydrogens is 460 g/mol. The Morgan fingerprint density at radius 1 is 1.25 bits per heavy atom. The van der Waals surface area contributed by atoms with Gasteiger partial charge in [0.25, 0.3) is 0 Å². The minimum Gasteiger partial charge on any atom is -0.465 e. The molecule has 0 aliphatic carbocycles. The third-order valence-electron chi connectivity index (χ3n) is 7.31. The Bertz CT molecular complexity index is 1200. The molecule has 11 heteroatoms. The van der Waals surface area contributed by atoms with Crippen LogP contribution in [0, 0.1) is 5.92 Å². The first-order chi connectivity index (χ1) is 17.4. The number of likely N-dealkylation sites (tertiary alicyclic amines) is 1. The number of rotatable bonds is 7. The lowest BCUT2D eigenvalue weighted by atomic mass is 9.94. The minimum atomic E-state index is -0.858. The highest BCUT2D eigenvalue weighted by Crippen LogP contribution is 2.34. The van der Waals surface area contributed by atoms with Crippen LogP contribution in [0.5, 0.6) is 0 Å². The summed E-state index contributed by atoms with van der Waals surface area (Å²) < 4.78 is 9.51. The van der Waals surface area contributed by atoms with Gasteiger partial charge in [0, 0.05) is 56.2 Å². The molecule has 36 heavy (non-hydrogen) atoms. The summed E-state index contributed by atoms with van der Waals surface area (Å²) in [6.07, 6.45) is 7.19. The van der Waals surface area contributed by atoms with E-state index in [9.17, 15) is 9.90 Å². The van der Waals surface area contributed by atoms with Crippen molar-refractivity contribution in [3.8, 4) is 11.1 Å². The van der Waals surface area contributed by atoms with Gasteiger partial charge in [0.05, 0.1) is 6.20 Å². The molecule has 3 atom stereocenters. The number of carboxylic acid groups (broad SMARTS) is 1. The Kier molecular flexibility index (Phi) is 6.99. The molecule has 0 aromatic carbocycles. The van der Waals surface area contributed by atoms with Crippen LogP contribution in [-0.2, 0) is 4.74 Å². The summed E-state index contributed by atoms with van der Waals surface area (Å²) in [6.45, 7) is 9.64. The molecule has 5 heterocycles. The van der Waals surface area contributed by atoms with E-state index in [0.29, 0.717) is 25.6 Å². The molecule has 0 bridgehead atoms. The summed E-state index contributed by atoms with van der Waals surface area (Å²) >= 11 is 0. The largest absolute Gasteiger partial charge is 0.465 e. The highest BCUT2D eigenvalue weighted by Gasteiger charge is 2.30. The predicted octanol–water partition coefficient (Wildman–Crippen LogP) is 3.94. The normalized spacial score (nSPS) is 21.6. The number of hydrogen-bond donors (Lipinski definition) is 2. The van der Waals surface area contributed by atoms with Gasteiger partial charge in [0.15, 0.2) is 5.65 Å². The van der Waals surface area contributed by atoms with Crippen molar-refractivity contribution in [3.63, 3.8) is 0 Å². The van der Waals surface area contributed by atoms with Crippen molar-refractivity contribution >= 4 is 23.5 Å². The molecule has 3 aromatic heterocycles. The van der Waals surface area contributed by atoms with Gasteiger partial charge < -0.3 is 25.0 Å². The molecular formula is C25H36N8O3. The molecule has 0 radical (unpaired) electrons. The topological polar surface area (TPSA) is 113 Å². The molecule has 0 spiro atoms. The van der Waals surface area contributed by atoms with Crippen molar-refractivity contribution in [2.75, 3.05) is 43.0 Å². The molecule has 1 amide bonds. The van der Waals surface area contributed by atoms with Gasteiger partial charge in [-0.15, -0.1) is 5.10 Å². The molecule has 0 saturated carbocycles. The summed E-state index contributed by atoms with van der Waals surface area (Å²) in [5.74, 6) is 1.77. The fraction of sp³-hybridized carbons (Fsp3) is 0.600. The van der Waals surface area contributed by atoms with Crippen LogP contribution >= 0.6 is 0 Å². The maximum absolute atomic E-state index is 11.4. The molecule has 2 N–H and O–H groups in total. The quantitative estimate of drug-likeness (QED) is 0.506. The molecule has 2 aliphatic rings. The average Bonchev–Trinajstić information content (AvgIpc) is 3.52. The van der Waals surface area contributed by atoms with Crippen LogP contribution in [0.4, 0.5) is 16.6 Å². The van der Waals surface area contributed by atoms with Crippen molar-refractivity contribution in [1.82, 2.24) is 29.3 Å². The zero-order valence-electron chi connectivity index (χ0n) is 21.3. The van der Waals surface area contributed by atoms with Gasteiger partial charge in [-0.1, -0.05) is 6.92 Å². The Morgan fingerprint density at radius 3 is 2.78 bits per heavy atom. The third kappa shape index (κ3) is 4.84. The fourth-order valence-corrected chi connectivity index (χ4v) is 5.32. The van der Waals surface area contributed by atoms with E-state index in [0.717, 1.165) is 54.9 Å². The second-order valence-electron chi connectivity index (χ2n) is 9.83. The van der Waals surface area contributed by atoms with Gasteiger partial charge in [-0.2, -0.15) is 14.6 Å². The summed E-state index contributed by atoms with van der Waals surface area (Å²) in [5.41, 5.74) is 2.87. The van der Waals surface area contributed by atoms with Crippen LogP contribution < -0.4 is 10.2 Å². The maximum atomic E-state index is 11.4. The Morgan fingerprint density at radius 2 is 2.06 bits per heavy atom. The lowest BCUT2D eigenvalue weighted by Gasteiger charge is -2.35. The number of carbonyl (C=O) groups is 1. The first-order valence-electron chi connectivity index (χ1n) is 13.0. The van der Waals surface area contributed by atoms with E-state index in [1.165, 1.54) is 11.3 Å². The SMILES string of the molecule is CCOC(C)n1cc(-c2ccc3nc(N[C@H]4CCN(C(=O)O)C[C@H]4C)nn3c2N2CCCCC2)cn1. The van der Waals surface area contributed by atoms with Crippen LogP contribution in [0.3, 0.4) is 0 Å². The minimum absolute atomic E-state index is 0.120. The first kappa shape index (κ1) is 24.4. The average molecular weight is 497 g/mol. The van der Waals surface area contributed by atoms with E-state index >= 15 is 0 Å². The van der Waals surface area contributed by atoms with Crippen LogP contribution in [0.2, 0.25) is 0 Å². The highest BCUT2D eigenvalue weighted by atomic mass is 16.5. The molecule has 5 rings (SSSR count). The Hall–Kier alpha value is -3.34. The summed E-state index contributed by atoms with van der Waals surface area (Å²) in [5, 5.41) is 22.3. The Labute approximate surface area is 211 Å². The van der Waals surface area contributed by atoms with E-state index in [1.54, 1.807) is 0 Å². The van der Waals surface area contributed by atoms with E-state index in [1.807, 2.05) is 41.5 Å². The van der Waals surface area contributed by atoms with Crippen molar-refractivity contribution in [2.45, 2.75) is 58.7 Å². The lowest BCUT2D eigenvalue weighted by molar-refractivity contribution is 0.0160. The van der Waals surface area contributed by atoms with Crippen molar-refractivity contribution in [2.24, 2.45) is 5.92 Å². The van der Waals surface area contributed by atoms with Crippen molar-refractivity contribution in [3.05, 3.63) is 24.5 Å². The number of nitrogens with zero attached hydrogens (tertiary/aromatic N) is 7. The number of ether oxygens (including phenoxy) is 1. The van der Waals surface area contributed by atoms with Crippen molar-refractivity contribution in [1.29, 1.82) is 0 Å². The lowest BCUT2D eigenvalue weighted by Crippen LogP contribution is -2.47. The number of aromatic nitrogens is 5. The second kappa shape index (κ2) is 10.3. The van der Waals surface area contributed by atoms with Crippen molar-refractivity contribution < 1.29 is 14.6 Å². The van der Waals surface area contributed by atoms with Crippen LogP contribution in [0.15, 0.2) is 24.5 Å². The standard InChI is InChI=1S/C25H36N8O3/c1-4-36-18(3)32-16-19(14-26-32)20-8-9-22-28-24(27-21-10-13-31(25(34)35)15-17(21)2)29-33(22)23(20)30-11-6-5-7-12-30/h8-9,14,16-18,21H,4-7,10-13,15H2,1-3H3,(H,27,29)(H,34,35)/t17-,18?,21+/m1/s1. The van der Waals surface area contributed by atoms with Gasteiger partial charge in [-0.05, 0) is 57.6 Å². The number of anilines is 2. The number of nitrogens with one attached hydrogen (secondary N) is 1. The van der Waals surface area contributed by atoms with Gasteiger partial charge in [-0.3, -0.25) is 0 Å². The highest BCUT2D eigenvalue weighted by molar-refractivity contribution is 5.78. The van der Waals surface area contributed by atoms with Gasteiger partial charge in [0.2, 0.25) is 5.95 Å². The molecule has 2 fully saturated rings. The van der Waals surface area contributed by atoms with E-state index < -0.39 is 6.09 Å². The van der Waals surface area contributed by atoms with E-state index in [-0.39, 0.29) is 18.2 Å². The van der Waals surface area contributed by atoms with Gasteiger partial charge >= 0.3 is 6.09 Å². The number of hydrogen-bond acceptors (Lipinski definition) is 7.